The number of anilines is 1. The topological polar surface area (TPSA) is 58.6 Å². The van der Waals surface area contributed by atoms with Gasteiger partial charge in [-0.05, 0) is 61.6 Å². The van der Waals surface area contributed by atoms with Gasteiger partial charge in [0.15, 0.2) is 0 Å². The molecule has 1 N–H and O–H groups in total. The fourth-order valence-electron chi connectivity index (χ4n) is 4.69. The van der Waals surface area contributed by atoms with Crippen LogP contribution in [0.2, 0.25) is 5.02 Å². The fraction of sp³-hybridized carbons (Fsp3) is 0.440. The third-order valence-corrected chi connectivity index (χ3v) is 7.09. The van der Waals surface area contributed by atoms with Crippen molar-refractivity contribution in [1.82, 2.24) is 5.32 Å². The number of ether oxygens (including phenoxy) is 1. The first kappa shape index (κ1) is 21.8. The number of nitrogens with one attached hydrogen (secondary N) is 1. The average molecular weight is 441 g/mol. The van der Waals surface area contributed by atoms with Crippen LogP contribution in [-0.2, 0) is 19.7 Å². The fourth-order valence-corrected chi connectivity index (χ4v) is 4.88. The molecule has 2 amide bonds. The molecule has 0 saturated carbocycles. The van der Waals surface area contributed by atoms with Crippen molar-refractivity contribution in [2.45, 2.75) is 38.5 Å². The van der Waals surface area contributed by atoms with Gasteiger partial charge in [0.25, 0.3) is 0 Å². The van der Waals surface area contributed by atoms with Crippen LogP contribution in [0.1, 0.15) is 36.0 Å². The number of nitrogens with zero attached hydrogens (tertiary/aromatic N) is 1. The van der Waals surface area contributed by atoms with Crippen molar-refractivity contribution in [1.29, 1.82) is 0 Å². The van der Waals surface area contributed by atoms with E-state index in [1.54, 1.807) is 4.90 Å². The van der Waals surface area contributed by atoms with Gasteiger partial charge in [0.05, 0.1) is 5.92 Å². The van der Waals surface area contributed by atoms with E-state index < -0.39 is 0 Å². The SMILES string of the molecule is Cc1cccc(N2CC(C(=O)NCC3(c4cccc(Cl)c4)CCOCC3)CC2=O)c1C. The Morgan fingerprint density at radius 3 is 2.68 bits per heavy atom. The maximum Gasteiger partial charge on any atom is 0.227 e. The van der Waals surface area contributed by atoms with E-state index >= 15 is 0 Å². The second kappa shape index (κ2) is 9.01. The zero-order valence-corrected chi connectivity index (χ0v) is 18.9. The molecule has 2 aliphatic rings. The van der Waals surface area contributed by atoms with Crippen LogP contribution in [0.25, 0.3) is 0 Å². The van der Waals surface area contributed by atoms with Crippen LogP contribution in [0.5, 0.6) is 0 Å². The molecule has 0 bridgehead atoms. The van der Waals surface area contributed by atoms with Crippen LogP contribution in [-0.4, -0.2) is 38.1 Å². The molecular weight excluding hydrogens is 412 g/mol. The molecule has 1 atom stereocenters. The van der Waals surface area contributed by atoms with Gasteiger partial charge >= 0.3 is 0 Å². The maximum atomic E-state index is 13.1. The second-order valence-electron chi connectivity index (χ2n) is 8.75. The molecule has 0 aliphatic carbocycles. The average Bonchev–Trinajstić information content (AvgIpc) is 3.16. The highest BCUT2D eigenvalue weighted by molar-refractivity contribution is 6.30. The third-order valence-electron chi connectivity index (χ3n) is 6.85. The molecule has 2 saturated heterocycles. The molecule has 2 aromatic carbocycles. The molecule has 164 valence electrons. The summed E-state index contributed by atoms with van der Waals surface area (Å²) in [6.07, 6.45) is 1.89. The van der Waals surface area contributed by atoms with E-state index in [-0.39, 0.29) is 29.6 Å². The number of carbonyl (C=O) groups is 2. The van der Waals surface area contributed by atoms with Gasteiger partial charge < -0.3 is 15.0 Å². The highest BCUT2D eigenvalue weighted by atomic mass is 35.5. The lowest BCUT2D eigenvalue weighted by molar-refractivity contribution is -0.126. The Balaban J connectivity index is 1.46. The van der Waals surface area contributed by atoms with Crippen molar-refractivity contribution in [2.24, 2.45) is 5.92 Å². The Morgan fingerprint density at radius 2 is 1.94 bits per heavy atom. The van der Waals surface area contributed by atoms with E-state index in [1.807, 2.05) is 50.2 Å². The lowest BCUT2D eigenvalue weighted by Crippen LogP contribution is -2.46. The Morgan fingerprint density at radius 1 is 1.19 bits per heavy atom. The van der Waals surface area contributed by atoms with Gasteiger partial charge in [0.1, 0.15) is 0 Å². The van der Waals surface area contributed by atoms with Crippen molar-refractivity contribution >= 4 is 29.1 Å². The van der Waals surface area contributed by atoms with Crippen LogP contribution in [0.4, 0.5) is 5.69 Å². The summed E-state index contributed by atoms with van der Waals surface area (Å²) in [7, 11) is 0. The zero-order valence-electron chi connectivity index (χ0n) is 18.1. The summed E-state index contributed by atoms with van der Waals surface area (Å²) in [5.74, 6) is -0.401. The van der Waals surface area contributed by atoms with E-state index in [0.29, 0.717) is 31.3 Å². The van der Waals surface area contributed by atoms with Crippen molar-refractivity contribution in [2.75, 3.05) is 31.2 Å². The maximum absolute atomic E-state index is 13.1. The van der Waals surface area contributed by atoms with Crippen molar-refractivity contribution in [3.05, 3.63) is 64.2 Å². The largest absolute Gasteiger partial charge is 0.381 e. The van der Waals surface area contributed by atoms with E-state index in [0.717, 1.165) is 35.2 Å². The van der Waals surface area contributed by atoms with Gasteiger partial charge in [-0.1, -0.05) is 35.9 Å². The predicted octanol–water partition coefficient (Wildman–Crippen LogP) is 4.17. The molecule has 6 heteroatoms. The van der Waals surface area contributed by atoms with Crippen molar-refractivity contribution in [3.8, 4) is 0 Å². The quantitative estimate of drug-likeness (QED) is 0.758. The Labute approximate surface area is 188 Å². The minimum absolute atomic E-state index is 0.00414. The molecule has 0 spiro atoms. The summed E-state index contributed by atoms with van der Waals surface area (Å²) in [6, 6.07) is 13.8. The van der Waals surface area contributed by atoms with Crippen LogP contribution in [0.3, 0.4) is 0 Å². The molecule has 2 fully saturated rings. The second-order valence-corrected chi connectivity index (χ2v) is 9.18. The number of rotatable bonds is 5. The molecule has 2 aromatic rings. The van der Waals surface area contributed by atoms with Gasteiger partial charge in [-0.15, -0.1) is 0 Å². The third kappa shape index (κ3) is 4.48. The van der Waals surface area contributed by atoms with E-state index in [4.69, 9.17) is 16.3 Å². The van der Waals surface area contributed by atoms with Crippen LogP contribution >= 0.6 is 11.6 Å². The summed E-state index contributed by atoms with van der Waals surface area (Å²) in [4.78, 5) is 27.5. The standard InChI is InChI=1S/C25H29ClN2O3/c1-17-5-3-8-22(18(17)2)28-15-19(13-23(28)29)24(30)27-16-25(9-11-31-12-10-25)20-6-4-7-21(26)14-20/h3-8,14,19H,9-13,15-16H2,1-2H3,(H,27,30). The van der Waals surface area contributed by atoms with Crippen LogP contribution < -0.4 is 10.2 Å². The molecule has 4 rings (SSSR count). The minimum atomic E-state index is -0.344. The zero-order chi connectivity index (χ0) is 22.0. The van der Waals surface area contributed by atoms with Crippen molar-refractivity contribution < 1.29 is 14.3 Å². The van der Waals surface area contributed by atoms with E-state index in [9.17, 15) is 9.59 Å². The molecule has 31 heavy (non-hydrogen) atoms. The smallest absolute Gasteiger partial charge is 0.227 e. The summed E-state index contributed by atoms with van der Waals surface area (Å²) in [5, 5.41) is 3.85. The van der Waals surface area contributed by atoms with Crippen LogP contribution in [0, 0.1) is 19.8 Å². The Hall–Kier alpha value is -2.37. The summed E-state index contributed by atoms with van der Waals surface area (Å²) in [6.45, 7) is 6.30. The Bertz CT molecular complexity index is 984. The number of halogens is 1. The van der Waals surface area contributed by atoms with Gasteiger partial charge in [-0.2, -0.15) is 0 Å². The highest BCUT2D eigenvalue weighted by Crippen LogP contribution is 2.36. The van der Waals surface area contributed by atoms with Gasteiger partial charge in [-0.25, -0.2) is 0 Å². The number of hydrogen-bond donors (Lipinski definition) is 1. The first-order chi connectivity index (χ1) is 14.9. The normalized spacial score (nSPS) is 20.7. The summed E-state index contributed by atoms with van der Waals surface area (Å²) >= 11 is 6.24. The number of benzene rings is 2. The molecule has 2 heterocycles. The monoisotopic (exact) mass is 440 g/mol. The van der Waals surface area contributed by atoms with Crippen molar-refractivity contribution in [3.63, 3.8) is 0 Å². The number of amides is 2. The Kier molecular flexibility index (Phi) is 6.35. The van der Waals surface area contributed by atoms with E-state index in [2.05, 4.69) is 11.4 Å². The molecule has 0 aromatic heterocycles. The van der Waals surface area contributed by atoms with Gasteiger partial charge in [0.2, 0.25) is 11.8 Å². The molecule has 0 radical (unpaired) electrons. The first-order valence-corrected chi connectivity index (χ1v) is 11.3. The molecule has 2 aliphatic heterocycles. The number of aryl methyl sites for hydroxylation is 1. The van der Waals surface area contributed by atoms with Gasteiger partial charge in [0, 0.05) is 48.8 Å². The van der Waals surface area contributed by atoms with Gasteiger partial charge in [-0.3, -0.25) is 9.59 Å². The number of carbonyl (C=O) groups excluding carboxylic acids is 2. The molecule has 1 unspecified atom stereocenters. The van der Waals surface area contributed by atoms with Crippen LogP contribution in [0.15, 0.2) is 42.5 Å². The number of hydrogen-bond acceptors (Lipinski definition) is 3. The lowest BCUT2D eigenvalue weighted by Gasteiger charge is -2.38. The molecular formula is C25H29ClN2O3. The highest BCUT2D eigenvalue weighted by Gasteiger charge is 2.39. The van der Waals surface area contributed by atoms with E-state index in [1.165, 1.54) is 0 Å². The predicted molar refractivity (Wildman–Crippen MR) is 123 cm³/mol. The first-order valence-electron chi connectivity index (χ1n) is 10.9. The minimum Gasteiger partial charge on any atom is -0.381 e. The summed E-state index contributed by atoms with van der Waals surface area (Å²) in [5.41, 5.74) is 4.05. The molecule has 5 nitrogen and oxygen atoms in total. The lowest BCUT2D eigenvalue weighted by atomic mass is 9.74. The summed E-state index contributed by atoms with van der Waals surface area (Å²) < 4.78 is 5.58.